The van der Waals surface area contributed by atoms with Crippen LogP contribution in [0.15, 0.2) is 59.7 Å². The summed E-state index contributed by atoms with van der Waals surface area (Å²) >= 11 is 0. The number of aromatic hydroxyl groups is 1. The molecule has 1 aromatic heterocycles. The van der Waals surface area contributed by atoms with Gasteiger partial charge >= 0.3 is 17.9 Å². The molecule has 1 heterocycles. The van der Waals surface area contributed by atoms with Gasteiger partial charge in [-0.3, -0.25) is 72.1 Å². The molecule has 12 atom stereocenters. The number of para-hydroxylation sites is 1. The average molecular weight is 1410 g/mol. The second kappa shape index (κ2) is 41.3. The molecular formula is C62H91N17O21. The number of guanidine groups is 1. The molecule has 3 aromatic rings. The fourth-order valence-corrected chi connectivity index (χ4v) is 9.80. The second-order valence-electron chi connectivity index (χ2n) is 23.9. The fraction of sp³-hybridized carbons (Fsp3) is 0.516. The number of fused-ring (bicyclic) bond motifs is 1. The zero-order valence-corrected chi connectivity index (χ0v) is 55.7. The lowest BCUT2D eigenvalue weighted by molar-refractivity contribution is -0.144. The Morgan fingerprint density at radius 3 is 1.62 bits per heavy atom. The Morgan fingerprint density at radius 1 is 0.550 bits per heavy atom. The number of rotatable bonds is 44. The number of aliphatic hydroxyl groups is 2. The van der Waals surface area contributed by atoms with Gasteiger partial charge in [-0.25, -0.2) is 4.79 Å². The molecule has 26 N–H and O–H groups in total. The standard InChI is InChI=1S/C62H91N17O21/c1-6-30(4)50(78-56(94)40(21-32-13-15-34(82)16-14-32)74-55(93)42(23-48(86)87)71-47(85)27-69-52(90)37(70-46(84)25-63)12-9-19-67-62(65)66)59(97)76-41(22-33-26-68-36-11-8-7-10-35(33)36)54(92)77-44(28-80)58(96)73-39(20-29(2)3)53(91)75-43(24-49(88)89)57(95)79-51(31(5)81)60(98)72-38(61(99)100)17-18-45(64)83/h7-8,10-11,13-16,26,29-31,37-44,50-51,68,80-82H,6,9,12,17-25,27-28,63H2,1-5H3,(H2,64,83)(H,69,90)(H,70,84)(H,71,85)(H,72,98)(H,73,96)(H,74,93)(H,75,91)(H,76,97)(H,77,92)(H,78,94)(H,79,95)(H,86,87)(H,88,89)(H,99,100)(H4,65,66,67)/t30-,31+,37-,38-,39-,40-,41-,42-,43-,44-,50-,51-/m0/s1. The summed E-state index contributed by atoms with van der Waals surface area (Å²) in [5, 5.41) is 86.6. The number of carboxylic acid groups (broad SMARTS) is 3. The van der Waals surface area contributed by atoms with Gasteiger partial charge in [0.1, 0.15) is 66.2 Å². The number of primary amides is 1. The number of aromatic amines is 1. The number of carbonyl (C=O) groups excluding carboxylic acids is 12. The number of H-pyrrole nitrogens is 1. The van der Waals surface area contributed by atoms with E-state index in [4.69, 9.17) is 22.9 Å². The Kier molecular flexibility index (Phi) is 34.3. The summed E-state index contributed by atoms with van der Waals surface area (Å²) in [6.07, 6.45) is -4.07. The number of carbonyl (C=O) groups is 15. The number of nitrogens with zero attached hydrogens (tertiary/aromatic N) is 1. The van der Waals surface area contributed by atoms with E-state index in [2.05, 4.69) is 63.1 Å². The maximum absolute atomic E-state index is 14.8. The van der Waals surface area contributed by atoms with Crippen molar-refractivity contribution in [3.63, 3.8) is 0 Å². The molecule has 0 radical (unpaired) electrons. The van der Waals surface area contributed by atoms with Crippen LogP contribution in [0.5, 0.6) is 5.75 Å². The number of aliphatic carboxylic acids is 3. The molecule has 0 aliphatic carbocycles. The van der Waals surface area contributed by atoms with E-state index in [1.165, 1.54) is 30.5 Å². The maximum atomic E-state index is 14.8. The molecule has 550 valence electrons. The van der Waals surface area contributed by atoms with Gasteiger partial charge in [-0.1, -0.05) is 64.4 Å². The summed E-state index contributed by atoms with van der Waals surface area (Å²) in [6, 6.07) is -5.33. The average Bonchev–Trinajstić information content (AvgIpc) is 1.80. The van der Waals surface area contributed by atoms with Crippen molar-refractivity contribution in [3.05, 3.63) is 65.9 Å². The lowest BCUT2D eigenvalue weighted by Crippen LogP contribution is -2.62. The number of benzene rings is 2. The minimum absolute atomic E-state index is 0.0209. The molecule has 0 aliphatic rings. The van der Waals surface area contributed by atoms with Crippen molar-refractivity contribution in [2.24, 2.45) is 39.8 Å². The van der Waals surface area contributed by atoms with Crippen LogP contribution >= 0.6 is 0 Å². The third kappa shape index (κ3) is 28.6. The van der Waals surface area contributed by atoms with E-state index in [1.54, 1.807) is 52.0 Å². The lowest BCUT2D eigenvalue weighted by Gasteiger charge is -2.30. The van der Waals surface area contributed by atoms with E-state index in [0.29, 0.717) is 22.0 Å². The van der Waals surface area contributed by atoms with Crippen LogP contribution < -0.4 is 81.4 Å². The molecular weight excluding hydrogens is 1320 g/mol. The van der Waals surface area contributed by atoms with Crippen LogP contribution in [0, 0.1) is 11.8 Å². The van der Waals surface area contributed by atoms with Crippen LogP contribution in [0.2, 0.25) is 0 Å². The first-order chi connectivity index (χ1) is 47.1. The smallest absolute Gasteiger partial charge is 0.326 e. The highest BCUT2D eigenvalue weighted by Gasteiger charge is 2.39. The molecule has 0 spiro atoms. The first-order valence-corrected chi connectivity index (χ1v) is 31.7. The highest BCUT2D eigenvalue weighted by Crippen LogP contribution is 2.21. The highest BCUT2D eigenvalue weighted by atomic mass is 16.4. The van der Waals surface area contributed by atoms with Gasteiger partial charge < -0.3 is 117 Å². The third-order valence-electron chi connectivity index (χ3n) is 15.3. The van der Waals surface area contributed by atoms with E-state index in [1.807, 2.05) is 5.32 Å². The second-order valence-corrected chi connectivity index (χ2v) is 23.9. The van der Waals surface area contributed by atoms with Gasteiger partial charge in [-0.2, -0.15) is 0 Å². The molecule has 0 aliphatic heterocycles. The number of amides is 12. The number of carboxylic acids is 3. The van der Waals surface area contributed by atoms with Gasteiger partial charge in [0.25, 0.3) is 0 Å². The Labute approximate surface area is 572 Å². The Bertz CT molecular complexity index is 3410. The summed E-state index contributed by atoms with van der Waals surface area (Å²) < 4.78 is 0. The number of aromatic nitrogens is 1. The summed E-state index contributed by atoms with van der Waals surface area (Å²) in [4.78, 5) is 206. The van der Waals surface area contributed by atoms with E-state index in [9.17, 15) is 103 Å². The maximum Gasteiger partial charge on any atom is 0.326 e. The van der Waals surface area contributed by atoms with E-state index < -0.39 is 219 Å². The van der Waals surface area contributed by atoms with Crippen molar-refractivity contribution in [3.8, 4) is 5.75 Å². The van der Waals surface area contributed by atoms with Gasteiger partial charge in [0.05, 0.1) is 38.6 Å². The van der Waals surface area contributed by atoms with Crippen LogP contribution in [0.3, 0.4) is 0 Å². The monoisotopic (exact) mass is 1410 g/mol. The SMILES string of the molecule is CC[C@H](C)[C@H](NC(=O)[C@H](Cc1ccc(O)cc1)NC(=O)[C@H](CC(=O)O)NC(=O)CNC(=O)[C@H](CCCN=C(N)N)NC(=O)CN)C(=O)N[C@@H](Cc1c[nH]c2ccccc12)C(=O)N[C@@H](CO)C(=O)N[C@@H](CC(C)C)C(=O)N[C@@H](CC(=O)O)C(=O)N[C@H](C(=O)N[C@@H](CCC(N)=O)C(=O)O)[C@@H](C)O. The normalized spacial score (nSPS) is 14.7. The molecule has 100 heavy (non-hydrogen) atoms. The minimum atomic E-state index is -2.04. The summed E-state index contributed by atoms with van der Waals surface area (Å²) in [5.74, 6) is -19.6. The predicted octanol–water partition coefficient (Wildman–Crippen LogP) is -6.60. The molecule has 0 bridgehead atoms. The van der Waals surface area contributed by atoms with Crippen LogP contribution in [-0.2, 0) is 84.8 Å². The first kappa shape index (κ1) is 83.2. The molecule has 38 nitrogen and oxygen atoms in total. The summed E-state index contributed by atoms with van der Waals surface area (Å²) in [5.41, 5.74) is 22.6. The number of nitrogens with two attached hydrogens (primary N) is 4. The first-order valence-electron chi connectivity index (χ1n) is 31.7. The summed E-state index contributed by atoms with van der Waals surface area (Å²) in [7, 11) is 0. The highest BCUT2D eigenvalue weighted by molar-refractivity contribution is 6.00. The topological polar surface area (TPSA) is 642 Å². The van der Waals surface area contributed by atoms with Crippen LogP contribution in [0.25, 0.3) is 10.9 Å². The van der Waals surface area contributed by atoms with Crippen molar-refractivity contribution in [2.45, 2.75) is 165 Å². The van der Waals surface area contributed by atoms with Crippen molar-refractivity contribution in [2.75, 3.05) is 26.2 Å². The van der Waals surface area contributed by atoms with Crippen molar-refractivity contribution < 1.29 is 103 Å². The number of nitrogens with one attached hydrogen (secondary N) is 12. The fourth-order valence-electron chi connectivity index (χ4n) is 9.80. The van der Waals surface area contributed by atoms with Gasteiger partial charge in [0.15, 0.2) is 5.96 Å². The lowest BCUT2D eigenvalue weighted by atomic mass is 9.96. The Balaban J connectivity index is 1.97. The molecule has 0 saturated heterocycles. The third-order valence-corrected chi connectivity index (χ3v) is 15.3. The van der Waals surface area contributed by atoms with E-state index in [0.717, 1.165) is 6.92 Å². The van der Waals surface area contributed by atoms with Crippen LogP contribution in [0.1, 0.15) is 97.1 Å². The van der Waals surface area contributed by atoms with E-state index >= 15 is 0 Å². The number of hydrogen-bond donors (Lipinski definition) is 22. The molecule has 0 unspecified atom stereocenters. The molecule has 38 heteroatoms. The number of phenolic OH excluding ortho intramolecular Hbond substituents is 1. The summed E-state index contributed by atoms with van der Waals surface area (Å²) in [6.45, 7) is 5.01. The molecule has 2 aromatic carbocycles. The quantitative estimate of drug-likeness (QED) is 0.0142. The molecule has 0 saturated carbocycles. The van der Waals surface area contributed by atoms with E-state index in [-0.39, 0.29) is 50.4 Å². The molecule has 12 amide bonds. The Morgan fingerprint density at radius 2 is 1.05 bits per heavy atom. The van der Waals surface area contributed by atoms with Gasteiger partial charge in [0, 0.05) is 42.9 Å². The van der Waals surface area contributed by atoms with Gasteiger partial charge in [0.2, 0.25) is 70.9 Å². The minimum Gasteiger partial charge on any atom is -0.508 e. The zero-order chi connectivity index (χ0) is 75.1. The molecule has 3 rings (SSSR count). The zero-order valence-electron chi connectivity index (χ0n) is 55.7. The molecule has 0 fully saturated rings. The van der Waals surface area contributed by atoms with Gasteiger partial charge in [-0.15, -0.1) is 0 Å². The van der Waals surface area contributed by atoms with Crippen LogP contribution in [-0.4, -0.2) is 223 Å². The van der Waals surface area contributed by atoms with Gasteiger partial charge in [-0.05, 0) is 73.8 Å². The number of aliphatic imine (C=N–C) groups is 1. The number of hydrogen-bond acceptors (Lipinski definition) is 20. The Hall–Kier alpha value is -11.0. The van der Waals surface area contributed by atoms with Crippen LogP contribution in [0.4, 0.5) is 0 Å². The predicted molar refractivity (Wildman–Crippen MR) is 353 cm³/mol. The number of phenols is 1. The largest absolute Gasteiger partial charge is 0.508 e. The van der Waals surface area contributed by atoms with Crippen molar-refractivity contribution in [1.82, 2.24) is 63.5 Å². The van der Waals surface area contributed by atoms with Crippen molar-refractivity contribution in [1.29, 1.82) is 0 Å². The number of aliphatic hydroxyl groups excluding tert-OH is 2. The van der Waals surface area contributed by atoms with Crippen molar-refractivity contribution >= 4 is 106 Å².